The van der Waals surface area contributed by atoms with E-state index in [1.165, 1.54) is 0 Å². The van der Waals surface area contributed by atoms with Crippen LogP contribution in [-0.2, 0) is 0 Å². The summed E-state index contributed by atoms with van der Waals surface area (Å²) in [6.45, 7) is 5.99. The lowest BCUT2D eigenvalue weighted by atomic mass is 10.1. The molecule has 4 heteroatoms. The van der Waals surface area contributed by atoms with Crippen molar-refractivity contribution >= 4 is 10.9 Å². The Kier molecular flexibility index (Phi) is 2.76. The highest BCUT2D eigenvalue weighted by Gasteiger charge is 2.14. The number of aryl methyl sites for hydroxylation is 1. The van der Waals surface area contributed by atoms with Crippen LogP contribution in [0.5, 0.6) is 0 Å². The van der Waals surface area contributed by atoms with Crippen molar-refractivity contribution in [2.45, 2.75) is 20.8 Å². The first-order chi connectivity index (χ1) is 9.61. The Hall–Kier alpha value is -2.67. The molecule has 0 aliphatic carbocycles. The van der Waals surface area contributed by atoms with Crippen molar-refractivity contribution < 1.29 is 0 Å². The molecule has 0 amide bonds. The highest BCUT2D eigenvalue weighted by Crippen LogP contribution is 2.22. The molecule has 0 radical (unpaired) electrons. The van der Waals surface area contributed by atoms with Gasteiger partial charge in [0.05, 0.1) is 16.8 Å². The zero-order chi connectivity index (χ0) is 14.3. The molecule has 0 bridgehead atoms. The van der Waals surface area contributed by atoms with Crippen molar-refractivity contribution in [2.24, 2.45) is 0 Å². The predicted molar refractivity (Wildman–Crippen MR) is 77.8 cm³/mol. The number of benzene rings is 1. The van der Waals surface area contributed by atoms with Crippen LogP contribution in [0.25, 0.3) is 16.7 Å². The average Bonchev–Trinajstić information content (AvgIpc) is 2.73. The number of hydrogen-bond acceptors (Lipinski definition) is 3. The molecule has 0 aliphatic heterocycles. The van der Waals surface area contributed by atoms with Gasteiger partial charge in [-0.05, 0) is 38.5 Å². The lowest BCUT2D eigenvalue weighted by Crippen LogP contribution is -2.05. The minimum atomic E-state index is 0.536. The minimum absolute atomic E-state index is 0.536. The predicted octanol–water partition coefficient (Wildman–Crippen LogP) is 3.22. The largest absolute Gasteiger partial charge is 0.227 e. The van der Waals surface area contributed by atoms with Crippen LogP contribution in [0.4, 0.5) is 0 Å². The smallest absolute Gasteiger partial charge is 0.172 e. The van der Waals surface area contributed by atoms with Crippen molar-refractivity contribution in [2.75, 3.05) is 0 Å². The van der Waals surface area contributed by atoms with E-state index in [2.05, 4.69) is 16.2 Å². The Labute approximate surface area is 117 Å². The Balaban J connectivity index is 2.35. The molecule has 0 saturated heterocycles. The molecule has 3 aromatic rings. The van der Waals surface area contributed by atoms with Crippen LogP contribution in [0.3, 0.4) is 0 Å². The topological polar surface area (TPSA) is 54.5 Å². The standard InChI is InChI=1S/C16H14N4/c1-10-11(2)19-20(12(10)3)16-14(9-17)8-13-6-4-5-7-15(13)18-16/h4-8H,1-3H3. The van der Waals surface area contributed by atoms with Gasteiger partial charge in [0, 0.05) is 11.1 Å². The first kappa shape index (κ1) is 12.4. The van der Waals surface area contributed by atoms with Gasteiger partial charge in [0.15, 0.2) is 5.82 Å². The van der Waals surface area contributed by atoms with E-state index in [1.807, 2.05) is 51.1 Å². The monoisotopic (exact) mass is 262 g/mol. The van der Waals surface area contributed by atoms with E-state index in [0.29, 0.717) is 11.4 Å². The summed E-state index contributed by atoms with van der Waals surface area (Å²) >= 11 is 0. The molecule has 0 spiro atoms. The molecule has 2 aromatic heterocycles. The number of nitrogens with zero attached hydrogens (tertiary/aromatic N) is 4. The maximum Gasteiger partial charge on any atom is 0.172 e. The van der Waals surface area contributed by atoms with Gasteiger partial charge in [-0.15, -0.1) is 0 Å². The van der Waals surface area contributed by atoms with Gasteiger partial charge in [-0.1, -0.05) is 18.2 Å². The fourth-order valence-corrected chi connectivity index (χ4v) is 2.28. The van der Waals surface area contributed by atoms with Crippen LogP contribution < -0.4 is 0 Å². The third-order valence-corrected chi connectivity index (χ3v) is 3.68. The van der Waals surface area contributed by atoms with E-state index in [-0.39, 0.29) is 0 Å². The Morgan fingerprint density at radius 3 is 2.55 bits per heavy atom. The van der Waals surface area contributed by atoms with Crippen LogP contribution >= 0.6 is 0 Å². The number of fused-ring (bicyclic) bond motifs is 1. The molecule has 0 N–H and O–H groups in total. The second kappa shape index (κ2) is 4.46. The van der Waals surface area contributed by atoms with E-state index in [4.69, 9.17) is 0 Å². The number of aromatic nitrogens is 3. The van der Waals surface area contributed by atoms with Crippen LogP contribution in [0.2, 0.25) is 0 Å². The quantitative estimate of drug-likeness (QED) is 0.676. The summed E-state index contributed by atoms with van der Waals surface area (Å²) in [5.41, 5.74) is 4.51. The van der Waals surface area contributed by atoms with Gasteiger partial charge >= 0.3 is 0 Å². The number of hydrogen-bond donors (Lipinski definition) is 0. The second-order valence-electron chi connectivity index (χ2n) is 4.87. The van der Waals surface area contributed by atoms with Gasteiger partial charge in [0.1, 0.15) is 6.07 Å². The lowest BCUT2D eigenvalue weighted by molar-refractivity contribution is 0.807. The zero-order valence-electron chi connectivity index (χ0n) is 11.7. The van der Waals surface area contributed by atoms with Gasteiger partial charge in [-0.3, -0.25) is 0 Å². The summed E-state index contributed by atoms with van der Waals surface area (Å²) in [6, 6.07) is 11.9. The summed E-state index contributed by atoms with van der Waals surface area (Å²) in [6.07, 6.45) is 0. The van der Waals surface area contributed by atoms with Crippen molar-refractivity contribution in [3.63, 3.8) is 0 Å². The van der Waals surface area contributed by atoms with Crippen molar-refractivity contribution in [3.8, 4) is 11.9 Å². The second-order valence-corrected chi connectivity index (χ2v) is 4.87. The molecule has 0 fully saturated rings. The van der Waals surface area contributed by atoms with Crippen LogP contribution in [-0.4, -0.2) is 14.8 Å². The van der Waals surface area contributed by atoms with E-state index in [0.717, 1.165) is 27.9 Å². The average molecular weight is 262 g/mol. The van der Waals surface area contributed by atoms with E-state index >= 15 is 0 Å². The molecule has 4 nitrogen and oxygen atoms in total. The molecule has 2 heterocycles. The Bertz CT molecular complexity index is 853. The van der Waals surface area contributed by atoms with Gasteiger partial charge in [0.2, 0.25) is 0 Å². The number of nitriles is 1. The highest BCUT2D eigenvalue weighted by molar-refractivity contribution is 5.81. The third-order valence-electron chi connectivity index (χ3n) is 3.68. The van der Waals surface area contributed by atoms with Gasteiger partial charge in [-0.2, -0.15) is 10.4 Å². The van der Waals surface area contributed by atoms with Crippen LogP contribution in [0.1, 0.15) is 22.5 Å². The lowest BCUT2D eigenvalue weighted by Gasteiger charge is -2.07. The SMILES string of the molecule is Cc1nn(-c2nc3ccccc3cc2C#N)c(C)c1C. The minimum Gasteiger partial charge on any atom is -0.227 e. The molecule has 1 aromatic carbocycles. The molecule has 98 valence electrons. The Morgan fingerprint density at radius 1 is 1.15 bits per heavy atom. The van der Waals surface area contributed by atoms with Crippen LogP contribution in [0, 0.1) is 32.1 Å². The number of pyridine rings is 1. The molecular weight excluding hydrogens is 248 g/mol. The van der Waals surface area contributed by atoms with Gasteiger partial charge < -0.3 is 0 Å². The first-order valence-corrected chi connectivity index (χ1v) is 6.45. The molecule has 20 heavy (non-hydrogen) atoms. The summed E-state index contributed by atoms with van der Waals surface area (Å²) in [4.78, 5) is 4.61. The summed E-state index contributed by atoms with van der Waals surface area (Å²) in [5, 5.41) is 14.8. The zero-order valence-corrected chi connectivity index (χ0v) is 11.7. The van der Waals surface area contributed by atoms with Gasteiger partial charge in [0.25, 0.3) is 0 Å². The molecule has 0 unspecified atom stereocenters. The normalized spacial score (nSPS) is 10.7. The molecular formula is C16H14N4. The number of para-hydroxylation sites is 1. The molecule has 3 rings (SSSR count). The summed E-state index contributed by atoms with van der Waals surface area (Å²) in [5.74, 6) is 0.597. The first-order valence-electron chi connectivity index (χ1n) is 6.45. The maximum atomic E-state index is 9.38. The van der Waals surface area contributed by atoms with Gasteiger partial charge in [-0.25, -0.2) is 9.67 Å². The molecule has 0 saturated carbocycles. The maximum absolute atomic E-state index is 9.38. The highest BCUT2D eigenvalue weighted by atomic mass is 15.3. The third kappa shape index (κ3) is 1.76. The van der Waals surface area contributed by atoms with E-state index in [1.54, 1.807) is 4.68 Å². The van der Waals surface area contributed by atoms with Crippen molar-refractivity contribution in [3.05, 3.63) is 52.8 Å². The Morgan fingerprint density at radius 2 is 1.90 bits per heavy atom. The van der Waals surface area contributed by atoms with Crippen molar-refractivity contribution in [1.29, 1.82) is 5.26 Å². The van der Waals surface area contributed by atoms with E-state index in [9.17, 15) is 5.26 Å². The number of rotatable bonds is 1. The molecule has 0 aliphatic rings. The molecule has 0 atom stereocenters. The van der Waals surface area contributed by atoms with Crippen molar-refractivity contribution in [1.82, 2.24) is 14.8 Å². The van der Waals surface area contributed by atoms with Crippen LogP contribution in [0.15, 0.2) is 30.3 Å². The fraction of sp³-hybridized carbons (Fsp3) is 0.188. The summed E-state index contributed by atoms with van der Waals surface area (Å²) < 4.78 is 1.76. The summed E-state index contributed by atoms with van der Waals surface area (Å²) in [7, 11) is 0. The van der Waals surface area contributed by atoms with E-state index < -0.39 is 0 Å². The fourth-order valence-electron chi connectivity index (χ4n) is 2.28.